The van der Waals surface area contributed by atoms with Gasteiger partial charge in [-0.1, -0.05) is 17.7 Å². The summed E-state index contributed by atoms with van der Waals surface area (Å²) >= 11 is 5.50. The fraction of sp³-hybridized carbons (Fsp3) is 0.100. The van der Waals surface area contributed by atoms with E-state index in [1.54, 1.807) is 0 Å². The number of aromatic nitrogens is 2. The van der Waals surface area contributed by atoms with Gasteiger partial charge in [0.15, 0.2) is 0 Å². The van der Waals surface area contributed by atoms with Crippen molar-refractivity contribution in [1.82, 2.24) is 10.2 Å². The Kier molecular flexibility index (Phi) is 2.74. The summed E-state index contributed by atoms with van der Waals surface area (Å²) in [6.45, 7) is 0. The smallest absolute Gasteiger partial charge is 0.382 e. The van der Waals surface area contributed by atoms with Crippen LogP contribution in [-0.2, 0) is 6.18 Å². The molecule has 2 aromatic rings. The zero-order chi connectivity index (χ0) is 12.6. The highest BCUT2D eigenvalue weighted by Gasteiger charge is 2.33. The molecule has 0 spiro atoms. The lowest BCUT2D eigenvalue weighted by molar-refractivity contribution is -0.137. The first kappa shape index (κ1) is 11.8. The molecule has 0 aliphatic rings. The molecular formula is C10H7ClF3N3. The van der Waals surface area contributed by atoms with Gasteiger partial charge in [-0.25, -0.2) is 0 Å². The zero-order valence-corrected chi connectivity index (χ0v) is 9.10. The van der Waals surface area contributed by atoms with Gasteiger partial charge in [0.05, 0.1) is 16.3 Å². The van der Waals surface area contributed by atoms with Crippen LogP contribution in [0.25, 0.3) is 11.3 Å². The van der Waals surface area contributed by atoms with E-state index < -0.39 is 11.7 Å². The molecule has 3 N–H and O–H groups in total. The topological polar surface area (TPSA) is 54.7 Å². The van der Waals surface area contributed by atoms with Crippen LogP contribution >= 0.6 is 11.6 Å². The van der Waals surface area contributed by atoms with E-state index in [0.29, 0.717) is 11.3 Å². The number of benzene rings is 1. The number of hydrogen-bond donors (Lipinski definition) is 2. The first-order chi connectivity index (χ1) is 7.88. The molecule has 17 heavy (non-hydrogen) atoms. The molecule has 0 aliphatic heterocycles. The summed E-state index contributed by atoms with van der Waals surface area (Å²) in [5, 5.41) is 5.84. The van der Waals surface area contributed by atoms with Crippen LogP contribution in [0.15, 0.2) is 24.3 Å². The maximum Gasteiger partial charge on any atom is 0.417 e. The summed E-state index contributed by atoms with van der Waals surface area (Å²) in [5.41, 5.74) is 5.23. The van der Waals surface area contributed by atoms with E-state index in [9.17, 15) is 13.2 Å². The highest BCUT2D eigenvalue weighted by Crippen LogP contribution is 2.36. The Hall–Kier alpha value is -1.69. The number of H-pyrrole nitrogens is 1. The Morgan fingerprint density at radius 2 is 1.94 bits per heavy atom. The van der Waals surface area contributed by atoms with Crippen LogP contribution in [0.5, 0.6) is 0 Å². The second kappa shape index (κ2) is 3.96. The van der Waals surface area contributed by atoms with Gasteiger partial charge in [0, 0.05) is 11.6 Å². The third-order valence-corrected chi connectivity index (χ3v) is 2.51. The second-order valence-electron chi connectivity index (χ2n) is 3.40. The number of nitrogens with zero attached hydrogens (tertiary/aromatic N) is 1. The van der Waals surface area contributed by atoms with Gasteiger partial charge < -0.3 is 5.73 Å². The summed E-state index contributed by atoms with van der Waals surface area (Å²) in [7, 11) is 0. The molecule has 0 atom stereocenters. The average molecular weight is 262 g/mol. The molecule has 3 nitrogen and oxygen atoms in total. The number of hydrogen-bond acceptors (Lipinski definition) is 2. The molecule has 0 bridgehead atoms. The van der Waals surface area contributed by atoms with E-state index in [1.165, 1.54) is 18.2 Å². The quantitative estimate of drug-likeness (QED) is 0.827. The predicted octanol–water partition coefficient (Wildman–Crippen LogP) is 3.33. The van der Waals surface area contributed by atoms with Gasteiger partial charge in [-0.05, 0) is 12.1 Å². The van der Waals surface area contributed by atoms with Gasteiger partial charge in [0.25, 0.3) is 0 Å². The third-order valence-electron chi connectivity index (χ3n) is 2.18. The molecule has 90 valence electrons. The van der Waals surface area contributed by atoms with E-state index in [0.717, 1.165) is 6.07 Å². The molecule has 0 radical (unpaired) electrons. The molecule has 7 heteroatoms. The van der Waals surface area contributed by atoms with Crippen molar-refractivity contribution in [2.24, 2.45) is 0 Å². The molecule has 0 saturated heterocycles. The monoisotopic (exact) mass is 261 g/mol. The maximum atomic E-state index is 12.6. The van der Waals surface area contributed by atoms with E-state index in [4.69, 9.17) is 17.3 Å². The normalized spacial score (nSPS) is 11.8. The lowest BCUT2D eigenvalue weighted by Crippen LogP contribution is -2.05. The van der Waals surface area contributed by atoms with Crippen LogP contribution in [0.2, 0.25) is 5.02 Å². The molecule has 1 aromatic heterocycles. The lowest BCUT2D eigenvalue weighted by atomic mass is 10.1. The first-order valence-electron chi connectivity index (χ1n) is 4.56. The SMILES string of the molecule is Nc1cc(-c2ccc(Cl)c(C(F)(F)F)c2)[nH]n1. The minimum absolute atomic E-state index is 0.212. The molecule has 0 unspecified atom stereocenters. The molecular weight excluding hydrogens is 255 g/mol. The second-order valence-corrected chi connectivity index (χ2v) is 3.81. The minimum Gasteiger partial charge on any atom is -0.382 e. The van der Waals surface area contributed by atoms with Gasteiger partial charge >= 0.3 is 6.18 Å². The Morgan fingerprint density at radius 1 is 1.24 bits per heavy atom. The third kappa shape index (κ3) is 2.36. The van der Waals surface area contributed by atoms with Crippen LogP contribution in [0.1, 0.15) is 5.56 Å². The summed E-state index contributed by atoms with van der Waals surface area (Å²) in [6, 6.07) is 5.06. The van der Waals surface area contributed by atoms with Crippen molar-refractivity contribution in [2.75, 3.05) is 5.73 Å². The summed E-state index contributed by atoms with van der Waals surface area (Å²) < 4.78 is 37.8. The van der Waals surface area contributed by atoms with Crippen LogP contribution in [-0.4, -0.2) is 10.2 Å². The molecule has 0 amide bonds. The fourth-order valence-electron chi connectivity index (χ4n) is 1.40. The predicted molar refractivity (Wildman–Crippen MR) is 58.4 cm³/mol. The summed E-state index contributed by atoms with van der Waals surface area (Å²) in [6.07, 6.45) is -4.49. The van der Waals surface area contributed by atoms with Crippen molar-refractivity contribution in [3.05, 3.63) is 34.9 Å². The first-order valence-corrected chi connectivity index (χ1v) is 4.94. The van der Waals surface area contributed by atoms with Crippen molar-refractivity contribution < 1.29 is 13.2 Å². The Morgan fingerprint density at radius 3 is 2.47 bits per heavy atom. The number of anilines is 1. The molecule has 0 aliphatic carbocycles. The number of halogens is 4. The van der Waals surface area contributed by atoms with E-state index >= 15 is 0 Å². The van der Waals surface area contributed by atoms with Crippen LogP contribution in [0.4, 0.5) is 19.0 Å². The minimum atomic E-state index is -4.49. The van der Waals surface area contributed by atoms with E-state index in [2.05, 4.69) is 10.2 Å². The van der Waals surface area contributed by atoms with Gasteiger partial charge in [-0.2, -0.15) is 18.3 Å². The van der Waals surface area contributed by atoms with Crippen molar-refractivity contribution in [3.8, 4) is 11.3 Å². The zero-order valence-electron chi connectivity index (χ0n) is 8.35. The number of aromatic amines is 1. The van der Waals surface area contributed by atoms with Gasteiger partial charge in [-0.3, -0.25) is 5.10 Å². The molecule has 0 saturated carbocycles. The number of nitrogen functional groups attached to an aromatic ring is 1. The highest BCUT2D eigenvalue weighted by molar-refractivity contribution is 6.31. The van der Waals surface area contributed by atoms with Gasteiger partial charge in [-0.15, -0.1) is 0 Å². The standard InChI is InChI=1S/C10H7ClF3N3/c11-7-2-1-5(3-6(7)10(12,13)14)8-4-9(15)17-16-8/h1-4H,(H3,15,16,17). The van der Waals surface area contributed by atoms with Crippen LogP contribution in [0.3, 0.4) is 0 Å². The number of nitrogens with two attached hydrogens (primary N) is 1. The number of rotatable bonds is 1. The Balaban J connectivity index is 2.51. The fourth-order valence-corrected chi connectivity index (χ4v) is 1.62. The molecule has 1 aromatic carbocycles. The van der Waals surface area contributed by atoms with Crippen molar-refractivity contribution in [2.45, 2.75) is 6.18 Å². The number of alkyl halides is 3. The average Bonchev–Trinajstić information content (AvgIpc) is 2.64. The highest BCUT2D eigenvalue weighted by atomic mass is 35.5. The molecule has 2 rings (SSSR count). The maximum absolute atomic E-state index is 12.6. The lowest BCUT2D eigenvalue weighted by Gasteiger charge is -2.09. The van der Waals surface area contributed by atoms with Crippen LogP contribution in [0, 0.1) is 0 Å². The Bertz CT molecular complexity index is 548. The van der Waals surface area contributed by atoms with Crippen molar-refractivity contribution in [1.29, 1.82) is 0 Å². The van der Waals surface area contributed by atoms with E-state index in [-0.39, 0.29) is 10.8 Å². The Labute approximate surface area is 99.4 Å². The molecule has 0 fully saturated rings. The van der Waals surface area contributed by atoms with Gasteiger partial charge in [0.1, 0.15) is 5.82 Å². The van der Waals surface area contributed by atoms with Gasteiger partial charge in [0.2, 0.25) is 0 Å². The molecule has 1 heterocycles. The van der Waals surface area contributed by atoms with Crippen LogP contribution < -0.4 is 5.73 Å². The summed E-state index contributed by atoms with van der Waals surface area (Å²) in [5.74, 6) is 0.212. The largest absolute Gasteiger partial charge is 0.417 e. The summed E-state index contributed by atoms with van der Waals surface area (Å²) in [4.78, 5) is 0. The van der Waals surface area contributed by atoms with Crippen molar-refractivity contribution >= 4 is 17.4 Å². The van der Waals surface area contributed by atoms with Crippen molar-refractivity contribution in [3.63, 3.8) is 0 Å². The van der Waals surface area contributed by atoms with E-state index in [1.807, 2.05) is 0 Å². The number of nitrogens with one attached hydrogen (secondary N) is 1.